The second kappa shape index (κ2) is 70.6. The molecule has 0 radical (unpaired) electrons. The van der Waals surface area contributed by atoms with E-state index in [0.717, 1.165) is 0 Å². The number of carbonyl (C=O) groups is 5. The van der Waals surface area contributed by atoms with E-state index < -0.39 is 0 Å². The van der Waals surface area contributed by atoms with Crippen molar-refractivity contribution in [2.45, 2.75) is 188 Å². The van der Waals surface area contributed by atoms with Crippen LogP contribution in [-0.4, -0.2) is 62.9 Å². The molecule has 10 nitrogen and oxygen atoms in total. The van der Waals surface area contributed by atoms with Crippen LogP contribution in [0.1, 0.15) is 188 Å². The van der Waals surface area contributed by atoms with Crippen LogP contribution in [0.5, 0.6) is 0 Å². The Hall–Kier alpha value is -2.65. The van der Waals surface area contributed by atoms with Crippen LogP contribution in [0.4, 0.5) is 0 Å². The van der Waals surface area contributed by atoms with Gasteiger partial charge in [-0.3, -0.25) is 24.0 Å². The molecule has 0 N–H and O–H groups in total. The molecule has 0 amide bonds. The lowest BCUT2D eigenvalue weighted by atomic mass is 10.2. The van der Waals surface area contributed by atoms with Gasteiger partial charge in [0.1, 0.15) is 0 Å². The Kier molecular flexibility index (Phi) is 94.1. The zero-order valence-electron chi connectivity index (χ0n) is 34.6. The van der Waals surface area contributed by atoms with Crippen molar-refractivity contribution in [1.29, 1.82) is 0 Å². The third-order valence-electron chi connectivity index (χ3n) is 4.61. The number of rotatable bonds is 14. The summed E-state index contributed by atoms with van der Waals surface area (Å²) < 4.78 is 22.0. The lowest BCUT2D eigenvalue weighted by Crippen LogP contribution is -1.95. The molecule has 0 fully saturated rings. The third-order valence-corrected chi connectivity index (χ3v) is 4.61. The van der Waals surface area contributed by atoms with Crippen molar-refractivity contribution in [3.63, 3.8) is 0 Å². The average molecular weight is 699 g/mol. The molecule has 0 saturated carbocycles. The summed E-state index contributed by atoms with van der Waals surface area (Å²) in [5, 5.41) is 0. The summed E-state index contributed by atoms with van der Waals surface area (Å²) in [5.41, 5.74) is 0. The van der Waals surface area contributed by atoms with E-state index in [1.165, 1.54) is 112 Å². The van der Waals surface area contributed by atoms with E-state index in [0.29, 0.717) is 33.0 Å². The molecule has 0 bridgehead atoms. The summed E-state index contributed by atoms with van der Waals surface area (Å²) >= 11 is 0. The topological polar surface area (TPSA) is 132 Å². The van der Waals surface area contributed by atoms with Gasteiger partial charge in [0.2, 0.25) is 0 Å². The average Bonchev–Trinajstić information content (AvgIpc) is 3.00. The van der Waals surface area contributed by atoms with Crippen molar-refractivity contribution in [3.8, 4) is 0 Å². The van der Waals surface area contributed by atoms with Crippen LogP contribution in [0, 0.1) is 0 Å². The molecule has 294 valence electrons. The van der Waals surface area contributed by atoms with Crippen LogP contribution in [-0.2, 0) is 47.7 Å². The predicted molar refractivity (Wildman–Crippen MR) is 201 cm³/mol. The molecular weight excluding hydrogens is 616 g/mol. The quantitative estimate of drug-likeness (QED) is 0.0980. The first-order chi connectivity index (χ1) is 22.6. The van der Waals surface area contributed by atoms with E-state index in [2.05, 4.69) is 65.2 Å². The predicted octanol–water partition coefficient (Wildman–Crippen LogP) is 10.6. The molecule has 0 aromatic carbocycles. The molecule has 48 heavy (non-hydrogen) atoms. The zero-order valence-corrected chi connectivity index (χ0v) is 34.6. The monoisotopic (exact) mass is 699 g/mol. The van der Waals surface area contributed by atoms with Gasteiger partial charge in [-0.05, 0) is 34.6 Å². The molecule has 0 aliphatic heterocycles. The molecule has 0 aliphatic carbocycles. The maximum absolute atomic E-state index is 9.82. The van der Waals surface area contributed by atoms with Gasteiger partial charge in [0.15, 0.2) is 0 Å². The molecule has 0 unspecified atom stereocenters. The van der Waals surface area contributed by atoms with Crippen LogP contribution in [0.15, 0.2) is 0 Å². The summed E-state index contributed by atoms with van der Waals surface area (Å²) in [6.07, 6.45) is 16.6. The molecule has 0 aromatic rings. The highest BCUT2D eigenvalue weighted by atomic mass is 16.5. The van der Waals surface area contributed by atoms with E-state index in [1.807, 2.05) is 0 Å². The normalized spacial score (nSPS) is 8.17. The van der Waals surface area contributed by atoms with Gasteiger partial charge in [-0.2, -0.15) is 0 Å². The summed E-state index contributed by atoms with van der Waals surface area (Å²) in [7, 11) is 0. The van der Waals surface area contributed by atoms with Crippen molar-refractivity contribution in [3.05, 3.63) is 0 Å². The fourth-order valence-electron chi connectivity index (χ4n) is 2.52. The lowest BCUT2D eigenvalue weighted by molar-refractivity contribution is -0.141. The van der Waals surface area contributed by atoms with Gasteiger partial charge >= 0.3 is 29.8 Å². The van der Waals surface area contributed by atoms with Crippen molar-refractivity contribution < 1.29 is 47.7 Å². The number of ether oxygens (including phenoxy) is 5. The molecule has 0 heterocycles. The van der Waals surface area contributed by atoms with Crippen LogP contribution >= 0.6 is 0 Å². The molecule has 0 saturated heterocycles. The van der Waals surface area contributed by atoms with Gasteiger partial charge in [-0.1, -0.05) is 119 Å². The highest BCUT2D eigenvalue weighted by Gasteiger charge is 1.84. The maximum Gasteiger partial charge on any atom is 0.302 e. The minimum Gasteiger partial charge on any atom is -0.466 e. The standard InChI is InChI=1S/3C6H14.5C4H8O2/c3*1-3-5-6-4-2;5*1-3-6-4(2)5/h3*3-6H2,1-2H3;5*3H2,1-2H3. The van der Waals surface area contributed by atoms with E-state index in [1.54, 1.807) is 34.6 Å². The van der Waals surface area contributed by atoms with Gasteiger partial charge in [0.05, 0.1) is 33.0 Å². The second-order valence-electron chi connectivity index (χ2n) is 9.74. The number of hydrogen-bond acceptors (Lipinski definition) is 10. The van der Waals surface area contributed by atoms with Crippen molar-refractivity contribution in [2.24, 2.45) is 0 Å². The zero-order chi connectivity index (χ0) is 39.4. The van der Waals surface area contributed by atoms with Crippen molar-refractivity contribution in [1.82, 2.24) is 0 Å². The molecule has 0 spiro atoms. The first-order valence-electron chi connectivity index (χ1n) is 18.3. The van der Waals surface area contributed by atoms with Crippen LogP contribution in [0.25, 0.3) is 0 Å². The molecule has 0 rings (SSSR count). The number of hydrogen-bond donors (Lipinski definition) is 0. The Morgan fingerprint density at radius 2 is 0.375 bits per heavy atom. The first-order valence-corrected chi connectivity index (χ1v) is 18.3. The number of esters is 5. The summed E-state index contributed by atoms with van der Waals surface area (Å²) in [4.78, 5) is 49.1. The molecule has 10 heteroatoms. The second-order valence-corrected chi connectivity index (χ2v) is 9.74. The Balaban J connectivity index is -0.0000000635. The first kappa shape index (κ1) is 63.9. The Bertz CT molecular complexity index is 484. The van der Waals surface area contributed by atoms with E-state index in [-0.39, 0.29) is 29.8 Å². The number of unbranched alkanes of at least 4 members (excludes halogenated alkanes) is 9. The maximum atomic E-state index is 9.82. The minimum absolute atomic E-state index is 0.211. The highest BCUT2D eigenvalue weighted by molar-refractivity contribution is 5.66. The van der Waals surface area contributed by atoms with E-state index >= 15 is 0 Å². The lowest BCUT2D eigenvalue weighted by Gasteiger charge is -1.89. The van der Waals surface area contributed by atoms with Crippen LogP contribution in [0.3, 0.4) is 0 Å². The molecule has 0 atom stereocenters. The van der Waals surface area contributed by atoms with Gasteiger partial charge in [0, 0.05) is 34.6 Å². The van der Waals surface area contributed by atoms with E-state index in [9.17, 15) is 24.0 Å². The summed E-state index contributed by atoms with van der Waals surface area (Å²) in [5.74, 6) is -1.05. The SMILES string of the molecule is CCCCCC.CCCCCC.CCCCCC.CCOC(C)=O.CCOC(C)=O.CCOC(C)=O.CCOC(C)=O.CCOC(C)=O. The van der Waals surface area contributed by atoms with Gasteiger partial charge < -0.3 is 23.7 Å². The largest absolute Gasteiger partial charge is 0.466 e. The minimum atomic E-state index is -0.211. The van der Waals surface area contributed by atoms with Gasteiger partial charge in [0.25, 0.3) is 0 Å². The summed E-state index contributed by atoms with van der Waals surface area (Å²) in [6.45, 7) is 31.7. The smallest absolute Gasteiger partial charge is 0.302 e. The molecule has 0 aromatic heterocycles. The Morgan fingerprint density at radius 3 is 0.396 bits per heavy atom. The fraction of sp³-hybridized carbons (Fsp3) is 0.868. The van der Waals surface area contributed by atoms with Crippen molar-refractivity contribution in [2.75, 3.05) is 33.0 Å². The van der Waals surface area contributed by atoms with Crippen LogP contribution in [0.2, 0.25) is 0 Å². The van der Waals surface area contributed by atoms with E-state index in [4.69, 9.17) is 0 Å². The Morgan fingerprint density at radius 1 is 0.271 bits per heavy atom. The molecular formula is C38H82O10. The van der Waals surface area contributed by atoms with Gasteiger partial charge in [-0.25, -0.2) is 0 Å². The van der Waals surface area contributed by atoms with Crippen molar-refractivity contribution >= 4 is 29.8 Å². The summed E-state index contributed by atoms with van der Waals surface area (Å²) in [6, 6.07) is 0. The highest BCUT2D eigenvalue weighted by Crippen LogP contribution is 1.96. The molecule has 0 aliphatic rings. The Labute approximate surface area is 298 Å². The number of carbonyl (C=O) groups excluding carboxylic acids is 5. The van der Waals surface area contributed by atoms with Gasteiger partial charge in [-0.15, -0.1) is 0 Å². The third kappa shape index (κ3) is 171. The fourth-order valence-corrected chi connectivity index (χ4v) is 2.52. The van der Waals surface area contributed by atoms with Crippen LogP contribution < -0.4 is 0 Å².